The van der Waals surface area contributed by atoms with E-state index in [1.165, 1.54) is 6.07 Å². The molecule has 76 valence electrons. The van der Waals surface area contributed by atoms with E-state index in [4.69, 9.17) is 4.74 Å². The van der Waals surface area contributed by atoms with Crippen LogP contribution in [0, 0.1) is 5.82 Å². The summed E-state index contributed by atoms with van der Waals surface area (Å²) in [4.78, 5) is 0. The summed E-state index contributed by atoms with van der Waals surface area (Å²) in [6, 6.07) is 4.91. The van der Waals surface area contributed by atoms with Crippen molar-refractivity contribution in [3.05, 3.63) is 42.2 Å². The van der Waals surface area contributed by atoms with Gasteiger partial charge in [0.1, 0.15) is 0 Å². The van der Waals surface area contributed by atoms with E-state index in [1.54, 1.807) is 18.2 Å². The van der Waals surface area contributed by atoms with Crippen LogP contribution in [-0.4, -0.2) is 6.61 Å². The SMILES string of the molecule is C=CCc1ccc(F)c(OCCC)c1. The second kappa shape index (κ2) is 5.43. The van der Waals surface area contributed by atoms with Gasteiger partial charge in [-0.05, 0) is 30.5 Å². The average Bonchev–Trinajstić information content (AvgIpc) is 2.19. The standard InChI is InChI=1S/C12H15FO/c1-3-5-10-6-7-11(13)12(9-10)14-8-4-2/h3,6-7,9H,1,4-5,8H2,2H3. The lowest BCUT2D eigenvalue weighted by Crippen LogP contribution is -1.98. The number of allylic oxidation sites excluding steroid dienone is 1. The Balaban J connectivity index is 2.78. The van der Waals surface area contributed by atoms with Crippen LogP contribution in [0.2, 0.25) is 0 Å². The van der Waals surface area contributed by atoms with E-state index in [2.05, 4.69) is 6.58 Å². The largest absolute Gasteiger partial charge is 0.491 e. The Morgan fingerprint density at radius 2 is 2.29 bits per heavy atom. The zero-order valence-electron chi connectivity index (χ0n) is 8.42. The molecule has 0 aliphatic heterocycles. The Morgan fingerprint density at radius 1 is 1.50 bits per heavy atom. The first-order valence-corrected chi connectivity index (χ1v) is 4.80. The minimum atomic E-state index is -0.300. The van der Waals surface area contributed by atoms with Crippen LogP contribution < -0.4 is 4.74 Å². The highest BCUT2D eigenvalue weighted by molar-refractivity contribution is 5.31. The van der Waals surface area contributed by atoms with E-state index >= 15 is 0 Å². The van der Waals surface area contributed by atoms with Crippen molar-refractivity contribution in [1.29, 1.82) is 0 Å². The highest BCUT2D eigenvalue weighted by atomic mass is 19.1. The summed E-state index contributed by atoms with van der Waals surface area (Å²) in [6.07, 6.45) is 3.41. The molecule has 0 aromatic heterocycles. The monoisotopic (exact) mass is 194 g/mol. The van der Waals surface area contributed by atoms with Crippen LogP contribution in [0.5, 0.6) is 5.75 Å². The summed E-state index contributed by atoms with van der Waals surface area (Å²) in [5.41, 5.74) is 1.02. The lowest BCUT2D eigenvalue weighted by atomic mass is 10.1. The van der Waals surface area contributed by atoms with Crippen molar-refractivity contribution >= 4 is 0 Å². The van der Waals surface area contributed by atoms with Crippen LogP contribution >= 0.6 is 0 Å². The third-order valence-corrected chi connectivity index (χ3v) is 1.84. The normalized spacial score (nSPS) is 9.86. The Hall–Kier alpha value is -1.31. The number of ether oxygens (including phenoxy) is 1. The quantitative estimate of drug-likeness (QED) is 0.653. The number of halogens is 1. The molecule has 0 unspecified atom stereocenters. The number of benzene rings is 1. The number of hydrogen-bond donors (Lipinski definition) is 0. The highest BCUT2D eigenvalue weighted by Crippen LogP contribution is 2.19. The van der Waals surface area contributed by atoms with Gasteiger partial charge in [0.05, 0.1) is 6.61 Å². The van der Waals surface area contributed by atoms with Gasteiger partial charge in [0.25, 0.3) is 0 Å². The van der Waals surface area contributed by atoms with E-state index in [-0.39, 0.29) is 5.82 Å². The molecule has 0 saturated carbocycles. The van der Waals surface area contributed by atoms with Crippen LogP contribution in [0.3, 0.4) is 0 Å². The molecule has 0 fully saturated rings. The van der Waals surface area contributed by atoms with Gasteiger partial charge >= 0.3 is 0 Å². The maximum atomic E-state index is 13.2. The molecular formula is C12H15FO. The third-order valence-electron chi connectivity index (χ3n) is 1.84. The summed E-state index contributed by atoms with van der Waals surface area (Å²) in [6.45, 7) is 6.18. The van der Waals surface area contributed by atoms with Gasteiger partial charge < -0.3 is 4.74 Å². The molecule has 0 aliphatic carbocycles. The van der Waals surface area contributed by atoms with Crippen molar-refractivity contribution in [2.24, 2.45) is 0 Å². The smallest absolute Gasteiger partial charge is 0.165 e. The van der Waals surface area contributed by atoms with Gasteiger partial charge in [0.15, 0.2) is 11.6 Å². The van der Waals surface area contributed by atoms with Gasteiger partial charge in [-0.1, -0.05) is 19.1 Å². The van der Waals surface area contributed by atoms with Gasteiger partial charge in [-0.3, -0.25) is 0 Å². The first-order chi connectivity index (χ1) is 6.77. The van der Waals surface area contributed by atoms with Crippen molar-refractivity contribution in [3.63, 3.8) is 0 Å². The molecule has 0 bridgehead atoms. The molecule has 1 aromatic carbocycles. The van der Waals surface area contributed by atoms with Crippen molar-refractivity contribution < 1.29 is 9.13 Å². The minimum Gasteiger partial charge on any atom is -0.491 e. The Bertz CT molecular complexity index is 307. The van der Waals surface area contributed by atoms with Crippen LogP contribution in [-0.2, 0) is 6.42 Å². The average molecular weight is 194 g/mol. The van der Waals surface area contributed by atoms with Crippen molar-refractivity contribution in [3.8, 4) is 5.75 Å². The summed E-state index contributed by atoms with van der Waals surface area (Å²) in [7, 11) is 0. The molecule has 2 heteroatoms. The number of rotatable bonds is 5. The molecule has 0 spiro atoms. The number of hydrogen-bond acceptors (Lipinski definition) is 1. The Kier molecular flexibility index (Phi) is 4.17. The Morgan fingerprint density at radius 3 is 2.93 bits per heavy atom. The van der Waals surface area contributed by atoms with Gasteiger partial charge in [-0.2, -0.15) is 0 Å². The van der Waals surface area contributed by atoms with E-state index in [1.807, 2.05) is 6.92 Å². The lowest BCUT2D eigenvalue weighted by Gasteiger charge is -2.07. The van der Waals surface area contributed by atoms with E-state index in [0.717, 1.165) is 18.4 Å². The molecule has 1 nitrogen and oxygen atoms in total. The van der Waals surface area contributed by atoms with Crippen LogP contribution in [0.25, 0.3) is 0 Å². The first-order valence-electron chi connectivity index (χ1n) is 4.80. The molecule has 0 N–H and O–H groups in total. The molecule has 1 rings (SSSR count). The van der Waals surface area contributed by atoms with Crippen molar-refractivity contribution in [2.45, 2.75) is 19.8 Å². The van der Waals surface area contributed by atoms with Crippen molar-refractivity contribution in [2.75, 3.05) is 6.61 Å². The van der Waals surface area contributed by atoms with Gasteiger partial charge in [-0.25, -0.2) is 4.39 Å². The molecule has 0 amide bonds. The predicted molar refractivity (Wildman–Crippen MR) is 56.1 cm³/mol. The van der Waals surface area contributed by atoms with Crippen LogP contribution in [0.1, 0.15) is 18.9 Å². The van der Waals surface area contributed by atoms with Gasteiger partial charge in [0, 0.05) is 0 Å². The minimum absolute atomic E-state index is 0.300. The van der Waals surface area contributed by atoms with Crippen LogP contribution in [0.15, 0.2) is 30.9 Å². The highest BCUT2D eigenvalue weighted by Gasteiger charge is 2.03. The van der Waals surface area contributed by atoms with E-state index < -0.39 is 0 Å². The summed E-state index contributed by atoms with van der Waals surface area (Å²) < 4.78 is 18.4. The molecule has 1 aromatic rings. The van der Waals surface area contributed by atoms with Crippen LogP contribution in [0.4, 0.5) is 4.39 Å². The zero-order valence-corrected chi connectivity index (χ0v) is 8.42. The molecule has 0 aliphatic rings. The zero-order chi connectivity index (χ0) is 10.4. The molecular weight excluding hydrogens is 179 g/mol. The molecule has 14 heavy (non-hydrogen) atoms. The molecule has 0 atom stereocenters. The third kappa shape index (κ3) is 2.87. The first kappa shape index (κ1) is 10.8. The Labute approximate surface area is 84.2 Å². The predicted octanol–water partition coefficient (Wildman–Crippen LogP) is 3.34. The fourth-order valence-corrected chi connectivity index (χ4v) is 1.16. The summed E-state index contributed by atoms with van der Waals surface area (Å²) in [5.74, 6) is 0.0393. The van der Waals surface area contributed by atoms with Crippen molar-refractivity contribution in [1.82, 2.24) is 0 Å². The topological polar surface area (TPSA) is 9.23 Å². The second-order valence-corrected chi connectivity index (χ2v) is 3.11. The molecule has 0 radical (unpaired) electrons. The van der Waals surface area contributed by atoms with E-state index in [9.17, 15) is 4.39 Å². The van der Waals surface area contributed by atoms with E-state index in [0.29, 0.717) is 12.4 Å². The maximum absolute atomic E-state index is 13.2. The summed E-state index contributed by atoms with van der Waals surface area (Å²) >= 11 is 0. The second-order valence-electron chi connectivity index (χ2n) is 3.11. The lowest BCUT2D eigenvalue weighted by molar-refractivity contribution is 0.301. The molecule has 0 saturated heterocycles. The fourth-order valence-electron chi connectivity index (χ4n) is 1.16. The summed E-state index contributed by atoms with van der Waals surface area (Å²) in [5, 5.41) is 0. The maximum Gasteiger partial charge on any atom is 0.165 e. The molecule has 0 heterocycles. The van der Waals surface area contributed by atoms with Gasteiger partial charge in [0.2, 0.25) is 0 Å². The van der Waals surface area contributed by atoms with Gasteiger partial charge in [-0.15, -0.1) is 6.58 Å². The fraction of sp³-hybridized carbons (Fsp3) is 0.333.